The minimum absolute atomic E-state index is 0.0122. The first-order valence-electron chi connectivity index (χ1n) is 5.47. The second-order valence-corrected chi connectivity index (χ2v) is 6.10. The van der Waals surface area contributed by atoms with Gasteiger partial charge in [0, 0.05) is 18.1 Å². The number of nitrogens with zero attached hydrogens (tertiary/aromatic N) is 1. The number of aromatic nitrogens is 2. The van der Waals surface area contributed by atoms with Gasteiger partial charge in [0.25, 0.3) is 0 Å². The van der Waals surface area contributed by atoms with Gasteiger partial charge < -0.3 is 10.7 Å². The van der Waals surface area contributed by atoms with E-state index in [1.165, 1.54) is 18.2 Å². The second kappa shape index (κ2) is 5.20. The van der Waals surface area contributed by atoms with Gasteiger partial charge in [-0.1, -0.05) is 11.6 Å². The molecule has 1 atom stereocenters. The number of halogens is 1. The van der Waals surface area contributed by atoms with Crippen LogP contribution in [0, 0.1) is 0 Å². The first kappa shape index (κ1) is 13.9. The zero-order valence-corrected chi connectivity index (χ0v) is 11.7. The topological polar surface area (TPSA) is 101 Å². The summed E-state index contributed by atoms with van der Waals surface area (Å²) >= 11 is 5.90. The van der Waals surface area contributed by atoms with Gasteiger partial charge in [0.15, 0.2) is 0 Å². The van der Waals surface area contributed by atoms with Gasteiger partial charge in [0.1, 0.15) is 10.7 Å². The van der Waals surface area contributed by atoms with Crippen molar-refractivity contribution >= 4 is 27.3 Å². The highest BCUT2D eigenvalue weighted by Gasteiger charge is 2.22. The summed E-state index contributed by atoms with van der Waals surface area (Å²) < 4.78 is 26.9. The summed E-state index contributed by atoms with van der Waals surface area (Å²) in [6.07, 6.45) is 3.17. The van der Waals surface area contributed by atoms with Crippen LogP contribution in [0.4, 0.5) is 5.69 Å². The van der Waals surface area contributed by atoms with Gasteiger partial charge in [-0.2, -0.15) is 0 Å². The smallest absolute Gasteiger partial charge is 0.242 e. The standard InChI is InChI=1S/C11H13ClN4O2S/c1-7(11-14-4-5-15-11)16-19(17,18)10-3-2-8(13)6-9(10)12/h2-7,16H,13H2,1H3,(H,14,15). The highest BCUT2D eigenvalue weighted by atomic mass is 35.5. The number of aromatic amines is 1. The summed E-state index contributed by atoms with van der Waals surface area (Å²) in [6.45, 7) is 1.68. The van der Waals surface area contributed by atoms with Crippen LogP contribution in [0.2, 0.25) is 5.02 Å². The van der Waals surface area contributed by atoms with Crippen LogP contribution in [0.1, 0.15) is 18.8 Å². The molecule has 0 saturated carbocycles. The van der Waals surface area contributed by atoms with Crippen LogP contribution >= 0.6 is 11.6 Å². The molecule has 1 unspecified atom stereocenters. The molecule has 0 fully saturated rings. The predicted molar refractivity (Wildman–Crippen MR) is 73.2 cm³/mol. The van der Waals surface area contributed by atoms with Gasteiger partial charge in [-0.05, 0) is 25.1 Å². The van der Waals surface area contributed by atoms with E-state index in [0.29, 0.717) is 11.5 Å². The Morgan fingerprint density at radius 2 is 2.21 bits per heavy atom. The number of sulfonamides is 1. The van der Waals surface area contributed by atoms with Crippen LogP contribution in [-0.2, 0) is 10.0 Å². The zero-order chi connectivity index (χ0) is 14.0. The molecule has 0 bridgehead atoms. The van der Waals surface area contributed by atoms with Crippen molar-refractivity contribution in [3.8, 4) is 0 Å². The highest BCUT2D eigenvalue weighted by Crippen LogP contribution is 2.24. The van der Waals surface area contributed by atoms with E-state index in [1.807, 2.05) is 0 Å². The fourth-order valence-corrected chi connectivity index (χ4v) is 3.36. The number of nitrogen functional groups attached to an aromatic ring is 1. The molecule has 2 aromatic rings. The second-order valence-electron chi connectivity index (χ2n) is 4.01. The van der Waals surface area contributed by atoms with E-state index >= 15 is 0 Å². The van der Waals surface area contributed by atoms with Crippen LogP contribution in [-0.4, -0.2) is 18.4 Å². The summed E-state index contributed by atoms with van der Waals surface area (Å²) in [6, 6.07) is 3.76. The van der Waals surface area contributed by atoms with Gasteiger partial charge in [-0.3, -0.25) is 0 Å². The Morgan fingerprint density at radius 1 is 1.47 bits per heavy atom. The molecule has 6 nitrogen and oxygen atoms in total. The van der Waals surface area contributed by atoms with Crippen LogP contribution in [0.5, 0.6) is 0 Å². The van der Waals surface area contributed by atoms with Gasteiger partial charge >= 0.3 is 0 Å². The third kappa shape index (κ3) is 3.06. The molecule has 4 N–H and O–H groups in total. The zero-order valence-electron chi connectivity index (χ0n) is 10.1. The van der Waals surface area contributed by atoms with Crippen LogP contribution in [0.15, 0.2) is 35.5 Å². The number of benzene rings is 1. The molecule has 1 heterocycles. The molecule has 8 heteroatoms. The molecule has 0 aliphatic rings. The number of rotatable bonds is 4. The summed E-state index contributed by atoms with van der Waals surface area (Å²) in [4.78, 5) is 6.83. The van der Waals surface area contributed by atoms with Crippen molar-refractivity contribution in [3.05, 3.63) is 41.4 Å². The van der Waals surface area contributed by atoms with E-state index in [0.717, 1.165) is 0 Å². The van der Waals surface area contributed by atoms with Crippen molar-refractivity contribution < 1.29 is 8.42 Å². The molecule has 2 rings (SSSR count). The normalized spacial score (nSPS) is 13.4. The molecule has 0 spiro atoms. The van der Waals surface area contributed by atoms with Crippen molar-refractivity contribution in [2.24, 2.45) is 0 Å². The maximum atomic E-state index is 12.2. The lowest BCUT2D eigenvalue weighted by Gasteiger charge is -2.13. The quantitative estimate of drug-likeness (QED) is 0.748. The summed E-state index contributed by atoms with van der Waals surface area (Å²) in [5, 5.41) is 0.0825. The van der Waals surface area contributed by atoms with E-state index in [-0.39, 0.29) is 9.92 Å². The van der Waals surface area contributed by atoms with Crippen molar-refractivity contribution in [3.63, 3.8) is 0 Å². The molecule has 0 aliphatic carbocycles. The lowest BCUT2D eigenvalue weighted by atomic mass is 10.3. The number of hydrogen-bond acceptors (Lipinski definition) is 4. The Hall–Kier alpha value is -1.57. The summed E-state index contributed by atoms with van der Waals surface area (Å²) in [7, 11) is -3.73. The Kier molecular flexibility index (Phi) is 3.79. The maximum Gasteiger partial charge on any atom is 0.242 e. The number of nitrogens with one attached hydrogen (secondary N) is 2. The van der Waals surface area contributed by atoms with Gasteiger partial charge in [0.2, 0.25) is 10.0 Å². The molecule has 0 amide bonds. The molecule has 0 radical (unpaired) electrons. The highest BCUT2D eigenvalue weighted by molar-refractivity contribution is 7.89. The number of nitrogens with two attached hydrogens (primary N) is 1. The lowest BCUT2D eigenvalue weighted by molar-refractivity contribution is 0.561. The molecule has 0 aliphatic heterocycles. The van der Waals surface area contributed by atoms with Crippen LogP contribution in [0.25, 0.3) is 0 Å². The Balaban J connectivity index is 2.28. The maximum absolute atomic E-state index is 12.2. The average Bonchev–Trinajstić information content (AvgIpc) is 2.80. The number of imidazole rings is 1. The Labute approximate surface area is 116 Å². The fourth-order valence-electron chi connectivity index (χ4n) is 1.60. The van der Waals surface area contributed by atoms with Gasteiger partial charge in [0.05, 0.1) is 11.1 Å². The van der Waals surface area contributed by atoms with Crippen molar-refractivity contribution in [1.29, 1.82) is 0 Å². The Bertz CT molecular complexity index is 670. The summed E-state index contributed by atoms with van der Waals surface area (Å²) in [5.74, 6) is 0.523. The van der Waals surface area contributed by atoms with E-state index in [9.17, 15) is 8.42 Å². The molecule has 1 aromatic heterocycles. The Morgan fingerprint density at radius 3 is 2.79 bits per heavy atom. The van der Waals surface area contributed by atoms with Crippen LogP contribution < -0.4 is 10.5 Å². The average molecular weight is 301 g/mol. The molecule has 102 valence electrons. The van der Waals surface area contributed by atoms with E-state index in [4.69, 9.17) is 17.3 Å². The number of anilines is 1. The van der Waals surface area contributed by atoms with Crippen LogP contribution in [0.3, 0.4) is 0 Å². The van der Waals surface area contributed by atoms with E-state index in [1.54, 1.807) is 19.3 Å². The number of H-pyrrole nitrogens is 1. The van der Waals surface area contributed by atoms with E-state index in [2.05, 4.69) is 14.7 Å². The third-order valence-corrected chi connectivity index (χ3v) is 4.53. The van der Waals surface area contributed by atoms with Gasteiger partial charge in [-0.25, -0.2) is 18.1 Å². The first-order valence-corrected chi connectivity index (χ1v) is 7.33. The minimum atomic E-state index is -3.73. The molecule has 0 saturated heterocycles. The monoisotopic (exact) mass is 300 g/mol. The molecular formula is C11H13ClN4O2S. The lowest BCUT2D eigenvalue weighted by Crippen LogP contribution is -2.27. The van der Waals surface area contributed by atoms with Crippen molar-refractivity contribution in [2.75, 3.05) is 5.73 Å². The third-order valence-electron chi connectivity index (χ3n) is 2.51. The minimum Gasteiger partial charge on any atom is -0.399 e. The van der Waals surface area contributed by atoms with Crippen molar-refractivity contribution in [2.45, 2.75) is 17.9 Å². The van der Waals surface area contributed by atoms with E-state index < -0.39 is 16.1 Å². The van der Waals surface area contributed by atoms with Crippen molar-refractivity contribution in [1.82, 2.24) is 14.7 Å². The molecule has 1 aromatic carbocycles. The number of hydrogen-bond donors (Lipinski definition) is 3. The predicted octanol–water partition coefficient (Wildman–Crippen LogP) is 1.68. The molecular weight excluding hydrogens is 288 g/mol. The fraction of sp³-hybridized carbons (Fsp3) is 0.182. The summed E-state index contributed by atoms with van der Waals surface area (Å²) in [5.41, 5.74) is 5.94. The SMILES string of the molecule is CC(NS(=O)(=O)c1ccc(N)cc1Cl)c1ncc[nH]1. The largest absolute Gasteiger partial charge is 0.399 e. The first-order chi connectivity index (χ1) is 8.90. The van der Waals surface area contributed by atoms with Gasteiger partial charge in [-0.15, -0.1) is 0 Å². The molecule has 19 heavy (non-hydrogen) atoms.